The van der Waals surface area contributed by atoms with Gasteiger partial charge in [0.25, 0.3) is 0 Å². The molecule has 1 unspecified atom stereocenters. The topological polar surface area (TPSA) is 62.8 Å². The summed E-state index contributed by atoms with van der Waals surface area (Å²) in [6.45, 7) is 2.26. The lowest BCUT2D eigenvalue weighted by Gasteiger charge is -2.21. The van der Waals surface area contributed by atoms with Gasteiger partial charge in [0, 0.05) is 12.1 Å². The molecule has 1 aliphatic rings. The Hall–Kier alpha value is -1.72. The molecule has 5 heteroatoms. The molecule has 1 atom stereocenters. The fourth-order valence-corrected chi connectivity index (χ4v) is 1.89. The van der Waals surface area contributed by atoms with Crippen molar-refractivity contribution >= 4 is 0 Å². The molecule has 0 radical (unpaired) electrons. The van der Waals surface area contributed by atoms with Gasteiger partial charge in [0.1, 0.15) is 5.82 Å². The third-order valence-corrected chi connectivity index (χ3v) is 2.79. The van der Waals surface area contributed by atoms with E-state index in [1.165, 1.54) is 0 Å². The average molecular weight is 230 g/mol. The van der Waals surface area contributed by atoms with Crippen LogP contribution in [0.25, 0.3) is 11.4 Å². The quantitative estimate of drug-likeness (QED) is 0.812. The summed E-state index contributed by atoms with van der Waals surface area (Å²) < 4.78 is 5.40. The van der Waals surface area contributed by atoms with E-state index in [9.17, 15) is 0 Å². The van der Waals surface area contributed by atoms with E-state index >= 15 is 0 Å². The van der Waals surface area contributed by atoms with Crippen molar-refractivity contribution < 1.29 is 4.74 Å². The van der Waals surface area contributed by atoms with Crippen LogP contribution >= 0.6 is 0 Å². The van der Waals surface area contributed by atoms with Crippen LogP contribution in [0.2, 0.25) is 0 Å². The van der Waals surface area contributed by atoms with Gasteiger partial charge in [0.15, 0.2) is 5.82 Å². The molecular formula is C12H14N4O. The minimum atomic E-state index is 0.119. The first-order chi connectivity index (χ1) is 8.43. The van der Waals surface area contributed by atoms with Crippen LogP contribution in [0.1, 0.15) is 11.9 Å². The zero-order chi connectivity index (χ0) is 11.5. The highest BCUT2D eigenvalue weighted by Gasteiger charge is 2.19. The Morgan fingerprint density at radius 2 is 2.12 bits per heavy atom. The Morgan fingerprint density at radius 3 is 2.88 bits per heavy atom. The Bertz CT molecular complexity index is 476. The van der Waals surface area contributed by atoms with Crippen LogP contribution in [0.4, 0.5) is 0 Å². The Kier molecular flexibility index (Phi) is 2.85. The lowest BCUT2D eigenvalue weighted by molar-refractivity contribution is 0.0743. The number of aromatic amines is 1. The molecule has 1 aromatic heterocycles. The van der Waals surface area contributed by atoms with Crippen LogP contribution in [-0.2, 0) is 4.74 Å². The highest BCUT2D eigenvalue weighted by molar-refractivity contribution is 5.53. The minimum absolute atomic E-state index is 0.119. The number of morpholine rings is 1. The predicted octanol–water partition coefficient (Wildman–Crippen LogP) is 1.13. The molecule has 88 valence electrons. The van der Waals surface area contributed by atoms with Gasteiger partial charge >= 0.3 is 0 Å². The summed E-state index contributed by atoms with van der Waals surface area (Å²) in [5, 5.41) is 10.5. The maximum atomic E-state index is 5.40. The standard InChI is InChI=1S/C12H14N4O/c1-2-4-9(5-3-1)11-14-12(16-15-11)10-8-17-7-6-13-10/h1-5,10,13H,6-8H2,(H,14,15,16). The molecule has 0 spiro atoms. The number of hydrogen-bond donors (Lipinski definition) is 2. The van der Waals surface area contributed by atoms with Gasteiger partial charge in [-0.25, -0.2) is 4.98 Å². The Morgan fingerprint density at radius 1 is 1.24 bits per heavy atom. The molecule has 1 fully saturated rings. The largest absolute Gasteiger partial charge is 0.378 e. The first-order valence-corrected chi connectivity index (χ1v) is 5.72. The molecule has 0 bridgehead atoms. The summed E-state index contributed by atoms with van der Waals surface area (Å²) in [4.78, 5) is 4.50. The fourth-order valence-electron chi connectivity index (χ4n) is 1.89. The highest BCUT2D eigenvalue weighted by Crippen LogP contribution is 2.17. The van der Waals surface area contributed by atoms with Gasteiger partial charge in [-0.2, -0.15) is 5.10 Å². The predicted molar refractivity (Wildman–Crippen MR) is 63.4 cm³/mol. The van der Waals surface area contributed by atoms with Gasteiger partial charge in [-0.1, -0.05) is 30.3 Å². The van der Waals surface area contributed by atoms with E-state index in [0.717, 1.165) is 30.4 Å². The minimum Gasteiger partial charge on any atom is -0.378 e. The maximum Gasteiger partial charge on any atom is 0.181 e. The van der Waals surface area contributed by atoms with E-state index in [-0.39, 0.29) is 6.04 Å². The monoisotopic (exact) mass is 230 g/mol. The van der Waals surface area contributed by atoms with E-state index in [1.54, 1.807) is 0 Å². The highest BCUT2D eigenvalue weighted by atomic mass is 16.5. The molecule has 2 heterocycles. The van der Waals surface area contributed by atoms with Crippen LogP contribution in [0, 0.1) is 0 Å². The van der Waals surface area contributed by atoms with Gasteiger partial charge < -0.3 is 10.1 Å². The third kappa shape index (κ3) is 2.20. The molecule has 2 aromatic rings. The van der Waals surface area contributed by atoms with Crippen LogP contribution in [0.3, 0.4) is 0 Å². The SMILES string of the molecule is c1ccc(-c2n[nH]c(C3COCCN3)n2)cc1. The van der Waals surface area contributed by atoms with Crippen molar-refractivity contribution in [3.05, 3.63) is 36.2 Å². The van der Waals surface area contributed by atoms with Gasteiger partial charge in [0.05, 0.1) is 19.3 Å². The van der Waals surface area contributed by atoms with Crippen LogP contribution in [0.5, 0.6) is 0 Å². The first-order valence-electron chi connectivity index (χ1n) is 5.72. The molecule has 2 N–H and O–H groups in total. The van der Waals surface area contributed by atoms with E-state index in [1.807, 2.05) is 30.3 Å². The molecule has 1 saturated heterocycles. The van der Waals surface area contributed by atoms with Crippen molar-refractivity contribution in [1.82, 2.24) is 20.5 Å². The van der Waals surface area contributed by atoms with Crippen molar-refractivity contribution in [2.45, 2.75) is 6.04 Å². The molecule has 3 rings (SSSR count). The molecule has 17 heavy (non-hydrogen) atoms. The molecule has 5 nitrogen and oxygen atoms in total. The van der Waals surface area contributed by atoms with Crippen molar-refractivity contribution in [2.24, 2.45) is 0 Å². The fraction of sp³-hybridized carbons (Fsp3) is 0.333. The first kappa shape index (κ1) is 10.4. The number of benzene rings is 1. The number of aromatic nitrogens is 3. The summed E-state index contributed by atoms with van der Waals surface area (Å²) in [6, 6.07) is 10.1. The molecule has 0 aliphatic carbocycles. The summed E-state index contributed by atoms with van der Waals surface area (Å²) >= 11 is 0. The van der Waals surface area contributed by atoms with E-state index in [2.05, 4.69) is 20.5 Å². The van der Waals surface area contributed by atoms with Crippen molar-refractivity contribution in [2.75, 3.05) is 19.8 Å². The van der Waals surface area contributed by atoms with Crippen LogP contribution in [0.15, 0.2) is 30.3 Å². The molecule has 1 aliphatic heterocycles. The number of nitrogens with one attached hydrogen (secondary N) is 2. The van der Waals surface area contributed by atoms with Gasteiger partial charge in [0.2, 0.25) is 0 Å². The normalized spacial score (nSPS) is 20.4. The van der Waals surface area contributed by atoms with Crippen LogP contribution in [-0.4, -0.2) is 34.9 Å². The Labute approximate surface area is 99.2 Å². The van der Waals surface area contributed by atoms with Gasteiger partial charge in [-0.3, -0.25) is 5.10 Å². The number of rotatable bonds is 2. The van der Waals surface area contributed by atoms with Gasteiger partial charge in [-0.15, -0.1) is 0 Å². The average Bonchev–Trinajstić information content (AvgIpc) is 2.90. The summed E-state index contributed by atoms with van der Waals surface area (Å²) in [6.07, 6.45) is 0. The zero-order valence-electron chi connectivity index (χ0n) is 9.39. The van der Waals surface area contributed by atoms with E-state index in [4.69, 9.17) is 4.74 Å². The van der Waals surface area contributed by atoms with Gasteiger partial charge in [-0.05, 0) is 0 Å². The summed E-state index contributed by atoms with van der Waals surface area (Å²) in [5.41, 5.74) is 1.02. The second-order valence-electron chi connectivity index (χ2n) is 3.99. The smallest absolute Gasteiger partial charge is 0.181 e. The number of hydrogen-bond acceptors (Lipinski definition) is 4. The van der Waals surface area contributed by atoms with Crippen molar-refractivity contribution in [3.63, 3.8) is 0 Å². The second-order valence-corrected chi connectivity index (χ2v) is 3.99. The summed E-state index contributed by atoms with van der Waals surface area (Å²) in [5.74, 6) is 1.57. The maximum absolute atomic E-state index is 5.40. The second kappa shape index (κ2) is 4.65. The molecular weight excluding hydrogens is 216 g/mol. The van der Waals surface area contributed by atoms with E-state index in [0.29, 0.717) is 6.61 Å². The Balaban J connectivity index is 1.83. The summed E-state index contributed by atoms with van der Waals surface area (Å²) in [7, 11) is 0. The van der Waals surface area contributed by atoms with Crippen molar-refractivity contribution in [1.29, 1.82) is 0 Å². The third-order valence-electron chi connectivity index (χ3n) is 2.79. The van der Waals surface area contributed by atoms with E-state index < -0.39 is 0 Å². The van der Waals surface area contributed by atoms with Crippen LogP contribution < -0.4 is 5.32 Å². The molecule has 1 aromatic carbocycles. The van der Waals surface area contributed by atoms with Crippen molar-refractivity contribution in [3.8, 4) is 11.4 Å². The number of H-pyrrole nitrogens is 1. The lowest BCUT2D eigenvalue weighted by atomic mass is 10.2. The molecule has 0 amide bonds. The lowest BCUT2D eigenvalue weighted by Crippen LogP contribution is -2.35. The molecule has 0 saturated carbocycles. The number of nitrogens with zero attached hydrogens (tertiary/aromatic N) is 2. The number of ether oxygens (including phenoxy) is 1. The zero-order valence-corrected chi connectivity index (χ0v) is 9.39.